The first-order valence-electron chi connectivity index (χ1n) is 8.78. The van der Waals surface area contributed by atoms with Gasteiger partial charge in [-0.3, -0.25) is 4.99 Å². The van der Waals surface area contributed by atoms with Gasteiger partial charge in [-0.2, -0.15) is 13.2 Å². The number of hydrogen-bond donors (Lipinski definition) is 2. The van der Waals surface area contributed by atoms with Gasteiger partial charge in [0.15, 0.2) is 24.1 Å². The summed E-state index contributed by atoms with van der Waals surface area (Å²) in [4.78, 5) is 7.98. The van der Waals surface area contributed by atoms with E-state index in [9.17, 15) is 13.2 Å². The summed E-state index contributed by atoms with van der Waals surface area (Å²) < 4.78 is 52.8. The lowest BCUT2D eigenvalue weighted by atomic mass is 10.2. The molecule has 2 aromatic rings. The molecule has 2 rings (SSSR count). The third-order valence-corrected chi connectivity index (χ3v) is 3.62. The summed E-state index contributed by atoms with van der Waals surface area (Å²) >= 11 is 0. The Kier molecular flexibility index (Phi) is 10.5. The van der Waals surface area contributed by atoms with Gasteiger partial charge >= 0.3 is 6.18 Å². The number of aromatic nitrogens is 1. The topological polar surface area (TPSA) is 77.0 Å². The van der Waals surface area contributed by atoms with Crippen LogP contribution in [0.3, 0.4) is 0 Å². The van der Waals surface area contributed by atoms with Gasteiger partial charge in [0.25, 0.3) is 0 Å². The smallest absolute Gasteiger partial charge is 0.422 e. The van der Waals surface area contributed by atoms with E-state index in [-0.39, 0.29) is 36.4 Å². The van der Waals surface area contributed by atoms with Crippen LogP contribution in [0.2, 0.25) is 0 Å². The molecule has 0 amide bonds. The molecule has 0 saturated carbocycles. The second-order valence-electron chi connectivity index (χ2n) is 5.72. The minimum atomic E-state index is -4.44. The number of anilines is 1. The van der Waals surface area contributed by atoms with Gasteiger partial charge in [-0.15, -0.1) is 24.0 Å². The van der Waals surface area contributed by atoms with E-state index >= 15 is 0 Å². The highest BCUT2D eigenvalue weighted by atomic mass is 127. The first-order chi connectivity index (χ1) is 13.9. The highest BCUT2D eigenvalue weighted by Crippen LogP contribution is 2.30. The lowest BCUT2D eigenvalue weighted by Crippen LogP contribution is -2.30. The average Bonchev–Trinajstić information content (AvgIpc) is 2.70. The highest BCUT2D eigenvalue weighted by Gasteiger charge is 2.29. The first kappa shape index (κ1) is 25.6. The average molecular weight is 540 g/mol. The second-order valence-corrected chi connectivity index (χ2v) is 5.72. The number of nitrogens with one attached hydrogen (secondary N) is 2. The number of methoxy groups -OCH3 is 1. The third-order valence-electron chi connectivity index (χ3n) is 3.62. The summed E-state index contributed by atoms with van der Waals surface area (Å²) in [6, 6.07) is 8.54. The summed E-state index contributed by atoms with van der Waals surface area (Å²) in [5.41, 5.74) is 1.16. The van der Waals surface area contributed by atoms with Gasteiger partial charge in [0.2, 0.25) is 5.88 Å². The Balaban J connectivity index is 0.00000450. The predicted molar refractivity (Wildman–Crippen MR) is 119 cm³/mol. The molecule has 2 N–H and O–H groups in total. The molecule has 11 heteroatoms. The minimum absolute atomic E-state index is 0. The quantitative estimate of drug-likeness (QED) is 0.297. The van der Waals surface area contributed by atoms with Gasteiger partial charge in [-0.25, -0.2) is 4.98 Å². The van der Waals surface area contributed by atoms with Crippen LogP contribution in [0.25, 0.3) is 0 Å². The van der Waals surface area contributed by atoms with Gasteiger partial charge in [-0.05, 0) is 25.1 Å². The molecule has 0 fully saturated rings. The number of pyridine rings is 1. The number of ether oxygens (including phenoxy) is 3. The number of aliphatic imine (C=N–C) groups is 1. The first-order valence-corrected chi connectivity index (χ1v) is 8.78. The van der Waals surface area contributed by atoms with E-state index in [0.29, 0.717) is 35.3 Å². The van der Waals surface area contributed by atoms with Gasteiger partial charge in [0.05, 0.1) is 13.7 Å². The van der Waals surface area contributed by atoms with E-state index in [1.54, 1.807) is 44.5 Å². The monoisotopic (exact) mass is 540 g/mol. The molecule has 0 aliphatic rings. The molecular weight excluding hydrogens is 516 g/mol. The number of hydrogen-bond acceptors (Lipinski definition) is 5. The predicted octanol–water partition coefficient (Wildman–Crippen LogP) is 4.24. The molecule has 0 atom stereocenters. The molecule has 0 unspecified atom stereocenters. The van der Waals surface area contributed by atoms with Crippen molar-refractivity contribution in [3.8, 4) is 17.4 Å². The number of benzene rings is 1. The molecule has 1 heterocycles. The normalized spacial score (nSPS) is 11.3. The van der Waals surface area contributed by atoms with Crippen LogP contribution in [0.15, 0.2) is 41.5 Å². The Labute approximate surface area is 190 Å². The standard InChI is InChI=1S/C19H23F3N4O3.HI/c1-4-28-16-10-14(7-8-15(16)27-3)26-18(23-2)25-11-13-6-5-9-24-17(13)29-12-19(20,21)22;/h5-10H,4,11-12H2,1-3H3,(H2,23,25,26);1H. The number of halogens is 4. The van der Waals surface area contributed by atoms with Gasteiger partial charge < -0.3 is 24.8 Å². The third kappa shape index (κ3) is 8.13. The van der Waals surface area contributed by atoms with Crippen molar-refractivity contribution >= 4 is 35.6 Å². The van der Waals surface area contributed by atoms with Crippen LogP contribution < -0.4 is 24.8 Å². The summed E-state index contributed by atoms with van der Waals surface area (Å²) in [5, 5.41) is 6.10. The molecule has 1 aromatic heterocycles. The summed E-state index contributed by atoms with van der Waals surface area (Å²) in [6.07, 6.45) is -3.07. The van der Waals surface area contributed by atoms with Crippen molar-refractivity contribution in [2.75, 3.05) is 32.7 Å². The zero-order valence-electron chi connectivity index (χ0n) is 16.7. The van der Waals surface area contributed by atoms with Crippen molar-refractivity contribution in [3.63, 3.8) is 0 Å². The van der Waals surface area contributed by atoms with E-state index in [0.717, 1.165) is 0 Å². The summed E-state index contributed by atoms with van der Waals surface area (Å²) in [6.45, 7) is 1.10. The molecule has 1 aromatic carbocycles. The molecule has 7 nitrogen and oxygen atoms in total. The fourth-order valence-electron chi connectivity index (χ4n) is 2.36. The van der Waals surface area contributed by atoms with E-state index in [1.807, 2.05) is 6.92 Å². The maximum absolute atomic E-state index is 12.4. The molecule has 0 saturated heterocycles. The fourth-order valence-corrected chi connectivity index (χ4v) is 2.36. The molecule has 0 radical (unpaired) electrons. The van der Waals surface area contributed by atoms with Crippen molar-refractivity contribution in [3.05, 3.63) is 42.1 Å². The Bertz CT molecular complexity index is 835. The molecule has 30 heavy (non-hydrogen) atoms. The molecule has 0 aliphatic heterocycles. The van der Waals surface area contributed by atoms with Crippen LogP contribution in [0.5, 0.6) is 17.4 Å². The Morgan fingerprint density at radius 2 is 1.93 bits per heavy atom. The van der Waals surface area contributed by atoms with Crippen LogP contribution in [-0.2, 0) is 6.54 Å². The maximum Gasteiger partial charge on any atom is 0.422 e. The van der Waals surface area contributed by atoms with Crippen LogP contribution in [-0.4, -0.2) is 44.5 Å². The van der Waals surface area contributed by atoms with E-state index in [4.69, 9.17) is 14.2 Å². The maximum atomic E-state index is 12.4. The molecule has 0 bridgehead atoms. The Morgan fingerprint density at radius 3 is 2.57 bits per heavy atom. The van der Waals surface area contributed by atoms with Crippen molar-refractivity contribution in [1.29, 1.82) is 0 Å². The lowest BCUT2D eigenvalue weighted by Gasteiger charge is -2.16. The zero-order valence-corrected chi connectivity index (χ0v) is 19.1. The van der Waals surface area contributed by atoms with Crippen LogP contribution in [0.4, 0.5) is 18.9 Å². The van der Waals surface area contributed by atoms with Crippen LogP contribution in [0, 0.1) is 0 Å². The van der Waals surface area contributed by atoms with Gasteiger partial charge in [0, 0.05) is 37.1 Å². The van der Waals surface area contributed by atoms with Crippen molar-refractivity contribution < 1.29 is 27.4 Å². The lowest BCUT2D eigenvalue weighted by molar-refractivity contribution is -0.154. The van der Waals surface area contributed by atoms with E-state index < -0.39 is 12.8 Å². The number of rotatable bonds is 8. The van der Waals surface area contributed by atoms with Crippen molar-refractivity contribution in [1.82, 2.24) is 10.3 Å². The van der Waals surface area contributed by atoms with Crippen molar-refractivity contribution in [2.24, 2.45) is 4.99 Å². The summed E-state index contributed by atoms with van der Waals surface area (Å²) in [5.74, 6) is 1.49. The number of guanidine groups is 1. The van der Waals surface area contributed by atoms with E-state index in [2.05, 4.69) is 20.6 Å². The number of alkyl halides is 3. The largest absolute Gasteiger partial charge is 0.493 e. The van der Waals surface area contributed by atoms with Crippen molar-refractivity contribution in [2.45, 2.75) is 19.6 Å². The molecule has 0 aliphatic carbocycles. The molecule has 0 spiro atoms. The van der Waals surface area contributed by atoms with Crippen LogP contribution in [0.1, 0.15) is 12.5 Å². The zero-order chi connectivity index (χ0) is 21.3. The second kappa shape index (κ2) is 12.3. The van der Waals surface area contributed by atoms with Gasteiger partial charge in [-0.1, -0.05) is 6.07 Å². The van der Waals surface area contributed by atoms with E-state index in [1.165, 1.54) is 6.20 Å². The highest BCUT2D eigenvalue weighted by molar-refractivity contribution is 14.0. The fraction of sp³-hybridized carbons (Fsp3) is 0.368. The Hall–Kier alpha value is -2.44. The molecular formula is C19H24F3IN4O3. The summed E-state index contributed by atoms with van der Waals surface area (Å²) in [7, 11) is 3.13. The van der Waals surface area contributed by atoms with Crippen LogP contribution >= 0.6 is 24.0 Å². The Morgan fingerprint density at radius 1 is 1.17 bits per heavy atom. The molecule has 166 valence electrons. The number of nitrogens with zero attached hydrogens (tertiary/aromatic N) is 2. The SMILES string of the molecule is CCOc1cc(NC(=NC)NCc2cccnc2OCC(F)(F)F)ccc1OC.I. The minimum Gasteiger partial charge on any atom is -0.493 e. The van der Waals surface area contributed by atoms with Gasteiger partial charge in [0.1, 0.15) is 0 Å².